The number of benzene rings is 1. The summed E-state index contributed by atoms with van der Waals surface area (Å²) in [6, 6.07) is 5.92. The van der Waals surface area contributed by atoms with E-state index < -0.39 is 0 Å². The summed E-state index contributed by atoms with van der Waals surface area (Å²) in [6.45, 7) is 7.82. The topological polar surface area (TPSA) is 26.3 Å². The van der Waals surface area contributed by atoms with E-state index in [9.17, 15) is 4.79 Å². The van der Waals surface area contributed by atoms with E-state index in [2.05, 4.69) is 32.1 Å². The molecule has 2 nitrogen and oxygen atoms in total. The summed E-state index contributed by atoms with van der Waals surface area (Å²) >= 11 is 0. The van der Waals surface area contributed by atoms with Gasteiger partial charge in [-0.25, -0.2) is 0 Å². The molecule has 1 aromatic carbocycles. The molecular formula is C16H22O2. The van der Waals surface area contributed by atoms with Gasteiger partial charge >= 0.3 is 5.97 Å². The highest BCUT2D eigenvalue weighted by molar-refractivity contribution is 5.69. The normalized spacial score (nSPS) is 12.7. The summed E-state index contributed by atoms with van der Waals surface area (Å²) in [5.74, 6) is 0.842. The van der Waals surface area contributed by atoms with Crippen molar-refractivity contribution in [1.82, 2.24) is 0 Å². The van der Waals surface area contributed by atoms with Crippen LogP contribution in [0.4, 0.5) is 0 Å². The van der Waals surface area contributed by atoms with Crippen molar-refractivity contribution in [3.8, 4) is 5.75 Å². The van der Waals surface area contributed by atoms with Crippen LogP contribution < -0.4 is 4.74 Å². The minimum atomic E-state index is -0.272. The Labute approximate surface area is 110 Å². The number of allylic oxidation sites excluding steroid dienone is 2. The van der Waals surface area contributed by atoms with Crippen LogP contribution in [0, 0.1) is 0 Å². The lowest BCUT2D eigenvalue weighted by atomic mass is 9.92. The quantitative estimate of drug-likeness (QED) is 0.441. The molecule has 0 aliphatic carbocycles. The summed E-state index contributed by atoms with van der Waals surface area (Å²) in [6.07, 6.45) is 6.20. The third kappa shape index (κ3) is 4.02. The van der Waals surface area contributed by atoms with Gasteiger partial charge in [-0.3, -0.25) is 4.79 Å². The van der Waals surface area contributed by atoms with Crippen molar-refractivity contribution in [2.45, 2.75) is 46.5 Å². The van der Waals surface area contributed by atoms with E-state index >= 15 is 0 Å². The van der Waals surface area contributed by atoms with Gasteiger partial charge in [-0.2, -0.15) is 0 Å². The van der Waals surface area contributed by atoms with E-state index in [1.165, 1.54) is 18.1 Å². The van der Waals surface area contributed by atoms with Gasteiger partial charge in [-0.05, 0) is 48.9 Å². The van der Waals surface area contributed by atoms with Gasteiger partial charge in [0.2, 0.25) is 0 Å². The molecule has 1 aromatic rings. The van der Waals surface area contributed by atoms with Crippen LogP contribution in [0.3, 0.4) is 0 Å². The van der Waals surface area contributed by atoms with Crippen molar-refractivity contribution in [2.24, 2.45) is 0 Å². The number of hydrogen-bond acceptors (Lipinski definition) is 2. The fourth-order valence-corrected chi connectivity index (χ4v) is 1.91. The second kappa shape index (κ2) is 7.00. The minimum Gasteiger partial charge on any atom is -0.427 e. The highest BCUT2D eigenvalue weighted by Crippen LogP contribution is 2.27. The number of ether oxygens (including phenoxy) is 1. The summed E-state index contributed by atoms with van der Waals surface area (Å²) in [5.41, 5.74) is 2.58. The summed E-state index contributed by atoms with van der Waals surface area (Å²) in [5, 5.41) is 0. The van der Waals surface area contributed by atoms with Crippen LogP contribution in [0.15, 0.2) is 30.4 Å². The molecule has 1 unspecified atom stereocenters. The largest absolute Gasteiger partial charge is 0.427 e. The van der Waals surface area contributed by atoms with Crippen LogP contribution in [-0.2, 0) is 11.2 Å². The molecule has 0 aliphatic heterocycles. The highest BCUT2D eigenvalue weighted by atomic mass is 16.5. The molecule has 0 saturated heterocycles. The molecule has 0 aromatic heterocycles. The Bertz CT molecular complexity index is 433. The van der Waals surface area contributed by atoms with Crippen molar-refractivity contribution < 1.29 is 9.53 Å². The lowest BCUT2D eigenvalue weighted by molar-refractivity contribution is -0.131. The molecule has 0 spiro atoms. The zero-order chi connectivity index (χ0) is 13.5. The SMILES string of the molecule is CC=CCc1ccc(OC(C)=O)cc1C(C)CC. The molecular weight excluding hydrogens is 224 g/mol. The molecule has 0 aliphatic rings. The van der Waals surface area contributed by atoms with Gasteiger partial charge in [-0.15, -0.1) is 0 Å². The fourth-order valence-electron chi connectivity index (χ4n) is 1.91. The number of carbonyl (C=O) groups is 1. The Morgan fingerprint density at radius 3 is 2.72 bits per heavy atom. The first-order valence-electron chi connectivity index (χ1n) is 6.50. The second-order valence-corrected chi connectivity index (χ2v) is 4.54. The number of hydrogen-bond donors (Lipinski definition) is 0. The third-order valence-electron chi connectivity index (χ3n) is 3.10. The van der Waals surface area contributed by atoms with Crippen LogP contribution in [0.1, 0.15) is 51.2 Å². The molecule has 0 radical (unpaired) electrons. The maximum atomic E-state index is 11.0. The summed E-state index contributed by atoms with van der Waals surface area (Å²) in [4.78, 5) is 11.0. The molecule has 0 fully saturated rings. The van der Waals surface area contributed by atoms with Gasteiger partial charge in [0.25, 0.3) is 0 Å². The molecule has 1 rings (SSSR count). The smallest absolute Gasteiger partial charge is 0.308 e. The monoisotopic (exact) mass is 246 g/mol. The third-order valence-corrected chi connectivity index (χ3v) is 3.10. The van der Waals surface area contributed by atoms with Gasteiger partial charge in [0, 0.05) is 6.92 Å². The zero-order valence-corrected chi connectivity index (χ0v) is 11.7. The average molecular weight is 246 g/mol. The first-order valence-corrected chi connectivity index (χ1v) is 6.50. The molecule has 0 saturated carbocycles. The van der Waals surface area contributed by atoms with Crippen molar-refractivity contribution in [3.63, 3.8) is 0 Å². The number of carbonyl (C=O) groups excluding carboxylic acids is 1. The highest BCUT2D eigenvalue weighted by Gasteiger charge is 2.10. The number of esters is 1. The predicted octanol–water partition coefficient (Wildman–Crippen LogP) is 4.24. The lowest BCUT2D eigenvalue weighted by Crippen LogP contribution is -2.04. The Hall–Kier alpha value is -1.57. The minimum absolute atomic E-state index is 0.272. The Morgan fingerprint density at radius 2 is 2.17 bits per heavy atom. The predicted molar refractivity (Wildman–Crippen MR) is 75.0 cm³/mol. The number of rotatable bonds is 5. The van der Waals surface area contributed by atoms with Gasteiger partial charge in [0.1, 0.15) is 5.75 Å². The average Bonchev–Trinajstić information content (AvgIpc) is 2.35. The Kier molecular flexibility index (Phi) is 5.63. The van der Waals surface area contributed by atoms with Crippen LogP contribution in [0.5, 0.6) is 5.75 Å². The molecule has 0 bridgehead atoms. The van der Waals surface area contributed by atoms with Gasteiger partial charge in [0.05, 0.1) is 0 Å². The second-order valence-electron chi connectivity index (χ2n) is 4.54. The zero-order valence-electron chi connectivity index (χ0n) is 11.7. The molecule has 0 N–H and O–H groups in total. The molecule has 2 heteroatoms. The fraction of sp³-hybridized carbons (Fsp3) is 0.438. The maximum Gasteiger partial charge on any atom is 0.308 e. The molecule has 1 atom stereocenters. The van der Waals surface area contributed by atoms with Crippen LogP contribution >= 0.6 is 0 Å². The van der Waals surface area contributed by atoms with Crippen LogP contribution in [-0.4, -0.2) is 5.97 Å². The van der Waals surface area contributed by atoms with E-state index in [0.717, 1.165) is 12.8 Å². The van der Waals surface area contributed by atoms with Crippen LogP contribution in [0.2, 0.25) is 0 Å². The van der Waals surface area contributed by atoms with Crippen molar-refractivity contribution in [1.29, 1.82) is 0 Å². The molecule has 0 heterocycles. The van der Waals surface area contributed by atoms with E-state index in [-0.39, 0.29) is 5.97 Å². The Morgan fingerprint density at radius 1 is 1.44 bits per heavy atom. The standard InChI is InChI=1S/C16H22O2/c1-5-7-8-14-9-10-15(18-13(4)17)11-16(14)12(3)6-2/h5,7,9-12H,6,8H2,1-4H3. The van der Waals surface area contributed by atoms with Crippen molar-refractivity contribution >= 4 is 5.97 Å². The molecule has 18 heavy (non-hydrogen) atoms. The van der Waals surface area contributed by atoms with E-state index in [1.807, 2.05) is 19.1 Å². The van der Waals surface area contributed by atoms with E-state index in [4.69, 9.17) is 4.74 Å². The van der Waals surface area contributed by atoms with Crippen molar-refractivity contribution in [3.05, 3.63) is 41.5 Å². The van der Waals surface area contributed by atoms with E-state index in [0.29, 0.717) is 11.7 Å². The van der Waals surface area contributed by atoms with Crippen molar-refractivity contribution in [2.75, 3.05) is 0 Å². The summed E-state index contributed by atoms with van der Waals surface area (Å²) in [7, 11) is 0. The van der Waals surface area contributed by atoms with Gasteiger partial charge in [0.15, 0.2) is 0 Å². The summed E-state index contributed by atoms with van der Waals surface area (Å²) < 4.78 is 5.15. The maximum absolute atomic E-state index is 11.0. The van der Waals surface area contributed by atoms with Gasteiger partial charge < -0.3 is 4.74 Å². The first-order chi connectivity index (χ1) is 8.58. The van der Waals surface area contributed by atoms with E-state index in [1.54, 1.807) is 0 Å². The Balaban J connectivity index is 3.07. The van der Waals surface area contributed by atoms with Gasteiger partial charge in [-0.1, -0.05) is 32.1 Å². The first kappa shape index (κ1) is 14.5. The van der Waals surface area contributed by atoms with Crippen LogP contribution in [0.25, 0.3) is 0 Å². The molecule has 98 valence electrons. The molecule has 0 amide bonds. The lowest BCUT2D eigenvalue weighted by Gasteiger charge is -2.15.